The largest absolute Gasteiger partial charge is 0.462 e. The molecule has 2 aromatic carbocycles. The van der Waals surface area contributed by atoms with Crippen LogP contribution in [0.15, 0.2) is 68.7 Å². The number of amides is 1. The highest BCUT2D eigenvalue weighted by Gasteiger charge is 2.48. The predicted molar refractivity (Wildman–Crippen MR) is 187 cm³/mol. The van der Waals surface area contributed by atoms with Crippen LogP contribution in [-0.4, -0.2) is 68.2 Å². The van der Waals surface area contributed by atoms with Gasteiger partial charge in [-0.1, -0.05) is 50.8 Å². The summed E-state index contributed by atoms with van der Waals surface area (Å²) in [4.78, 5) is 42.2. The zero-order valence-electron chi connectivity index (χ0n) is 29.3. The number of ether oxygens (including phenoxy) is 4. The Morgan fingerprint density at radius 3 is 2.39 bits per heavy atom. The number of sulfonamides is 1. The van der Waals surface area contributed by atoms with Gasteiger partial charge >= 0.3 is 11.6 Å². The highest BCUT2D eigenvalue weighted by molar-refractivity contribution is 7.90. The van der Waals surface area contributed by atoms with Crippen LogP contribution < -0.4 is 15.1 Å². The molecule has 1 amide bonds. The molecule has 14 heteroatoms. The maximum Gasteiger partial charge on any atom is 0.355 e. The summed E-state index contributed by atoms with van der Waals surface area (Å²) >= 11 is 0. The molecule has 0 unspecified atom stereocenters. The molecule has 0 radical (unpaired) electrons. The van der Waals surface area contributed by atoms with E-state index < -0.39 is 63.8 Å². The fourth-order valence-corrected chi connectivity index (χ4v) is 7.16. The van der Waals surface area contributed by atoms with Crippen molar-refractivity contribution in [2.45, 2.75) is 102 Å². The van der Waals surface area contributed by atoms with Crippen LogP contribution in [0.5, 0.6) is 5.75 Å². The van der Waals surface area contributed by atoms with Crippen LogP contribution in [-0.2, 0) is 30.7 Å². The molecule has 5 rings (SSSR count). The average molecular weight is 725 g/mol. The lowest BCUT2D eigenvalue weighted by Gasteiger charge is -2.42. The Labute approximate surface area is 296 Å². The molecule has 274 valence electrons. The molecule has 1 aliphatic rings. The zero-order valence-corrected chi connectivity index (χ0v) is 30.1. The van der Waals surface area contributed by atoms with Crippen molar-refractivity contribution in [2.75, 3.05) is 7.11 Å². The number of fused-ring (bicyclic) bond motifs is 1. The zero-order chi connectivity index (χ0) is 36.9. The van der Waals surface area contributed by atoms with Crippen LogP contribution >= 0.6 is 0 Å². The van der Waals surface area contributed by atoms with Gasteiger partial charge < -0.3 is 33.5 Å². The van der Waals surface area contributed by atoms with Gasteiger partial charge in [0, 0.05) is 23.8 Å². The van der Waals surface area contributed by atoms with E-state index >= 15 is 0 Å². The van der Waals surface area contributed by atoms with Crippen molar-refractivity contribution >= 4 is 32.9 Å². The summed E-state index contributed by atoms with van der Waals surface area (Å²) in [6.07, 6.45) is -0.0818. The first-order valence-corrected chi connectivity index (χ1v) is 18.4. The lowest BCUT2D eigenvalue weighted by molar-refractivity contribution is -0.272. The second-order valence-electron chi connectivity index (χ2n) is 12.7. The number of carbonyl (C=O) groups is 2. The third kappa shape index (κ3) is 8.52. The van der Waals surface area contributed by atoms with E-state index in [1.807, 2.05) is 4.72 Å². The summed E-state index contributed by atoms with van der Waals surface area (Å²) < 4.78 is 57.0. The van der Waals surface area contributed by atoms with E-state index in [0.717, 1.165) is 37.8 Å². The Kier molecular flexibility index (Phi) is 12.0. The average Bonchev–Trinajstić information content (AvgIpc) is 3.55. The number of aromatic amines is 1. The number of aliphatic hydroxyl groups excluding tert-OH is 1. The van der Waals surface area contributed by atoms with E-state index in [1.54, 1.807) is 45.0 Å². The number of rotatable bonds is 14. The number of aliphatic hydroxyl groups is 1. The van der Waals surface area contributed by atoms with Crippen molar-refractivity contribution in [1.29, 1.82) is 0 Å². The molecular formula is C37H44N2O11S. The maximum absolute atomic E-state index is 13.2. The first-order chi connectivity index (χ1) is 24.3. The van der Waals surface area contributed by atoms with Crippen molar-refractivity contribution in [1.82, 2.24) is 9.71 Å². The fraction of sp³-hybridized carbons (Fsp3) is 0.432. The minimum Gasteiger partial charge on any atom is -0.462 e. The molecule has 3 heterocycles. The minimum absolute atomic E-state index is 0.127. The second-order valence-corrected chi connectivity index (χ2v) is 14.4. The number of unbranched alkanes of at least 4 members (excludes halogenated alkanes) is 4. The molecule has 0 aliphatic carbocycles. The Hall–Kier alpha value is -4.50. The van der Waals surface area contributed by atoms with Crippen LogP contribution in [0.1, 0.15) is 83.6 Å². The van der Waals surface area contributed by atoms with Crippen LogP contribution in [0, 0.1) is 13.8 Å². The van der Waals surface area contributed by atoms with Gasteiger partial charge in [0.1, 0.15) is 28.7 Å². The molecule has 1 aliphatic heterocycles. The predicted octanol–water partition coefficient (Wildman–Crippen LogP) is 5.09. The van der Waals surface area contributed by atoms with E-state index in [-0.39, 0.29) is 21.9 Å². The molecule has 2 aromatic heterocycles. The first-order valence-electron chi connectivity index (χ1n) is 17.0. The Morgan fingerprint density at radius 1 is 1.00 bits per heavy atom. The van der Waals surface area contributed by atoms with Gasteiger partial charge in [-0.05, 0) is 75.6 Å². The van der Waals surface area contributed by atoms with Gasteiger partial charge in [-0.3, -0.25) is 4.79 Å². The number of nitrogens with one attached hydrogen (secondary N) is 2. The molecule has 0 bridgehead atoms. The quantitative estimate of drug-likeness (QED) is 0.0894. The van der Waals surface area contributed by atoms with Crippen molar-refractivity contribution in [3.8, 4) is 5.75 Å². The SMILES string of the molecule is CCCCCCCc1cc(O[C@@H]2O[C@@H](C)[C@H](OC)[C@@H](OC(=O)c3ccc(C)[nH]3)[C@H]2O)c(C)c2oc(=O)c(C(=O)NS(=O)(=O)c3ccccc3)cc12. The van der Waals surface area contributed by atoms with E-state index in [4.69, 9.17) is 23.4 Å². The molecule has 1 fully saturated rings. The van der Waals surface area contributed by atoms with Gasteiger partial charge in [0.2, 0.25) is 6.29 Å². The summed E-state index contributed by atoms with van der Waals surface area (Å²) in [6, 6.07) is 13.7. The maximum atomic E-state index is 13.2. The monoisotopic (exact) mass is 724 g/mol. The highest BCUT2D eigenvalue weighted by Crippen LogP contribution is 2.35. The smallest absolute Gasteiger partial charge is 0.355 e. The van der Waals surface area contributed by atoms with Crippen molar-refractivity contribution in [2.24, 2.45) is 0 Å². The second kappa shape index (κ2) is 16.2. The van der Waals surface area contributed by atoms with Crippen LogP contribution in [0.25, 0.3) is 11.0 Å². The Bertz CT molecular complexity index is 2020. The van der Waals surface area contributed by atoms with Crippen LogP contribution in [0.2, 0.25) is 0 Å². The molecule has 51 heavy (non-hydrogen) atoms. The van der Waals surface area contributed by atoms with Crippen molar-refractivity contribution < 1.29 is 46.5 Å². The number of esters is 1. The third-order valence-electron chi connectivity index (χ3n) is 8.95. The van der Waals surface area contributed by atoms with Gasteiger partial charge in [-0.25, -0.2) is 22.7 Å². The van der Waals surface area contributed by atoms with E-state index in [9.17, 15) is 27.9 Å². The Balaban J connectivity index is 1.48. The van der Waals surface area contributed by atoms with Gasteiger partial charge in [0.15, 0.2) is 12.2 Å². The first kappa shape index (κ1) is 37.7. The topological polar surface area (TPSA) is 183 Å². The summed E-state index contributed by atoms with van der Waals surface area (Å²) in [5, 5.41) is 11.9. The van der Waals surface area contributed by atoms with Gasteiger partial charge in [0.25, 0.3) is 15.9 Å². The molecule has 0 saturated carbocycles. The fourth-order valence-electron chi connectivity index (χ4n) is 6.17. The van der Waals surface area contributed by atoms with Crippen molar-refractivity contribution in [3.63, 3.8) is 0 Å². The molecular weight excluding hydrogens is 680 g/mol. The number of aromatic nitrogens is 1. The third-order valence-corrected chi connectivity index (χ3v) is 10.3. The van der Waals surface area contributed by atoms with Gasteiger partial charge in [0.05, 0.1) is 11.0 Å². The lowest BCUT2D eigenvalue weighted by Crippen LogP contribution is -2.60. The standard InChI is InChI=1S/C37H44N2O11S/c1-6-7-8-9-11-14-24-19-29(48-37-30(40)33(32(46-5)23(4)47-37)50-36(43)28-18-17-21(2)38-28)22(3)31-26(24)20-27(35(42)49-31)34(41)39-51(44,45)25-15-12-10-13-16-25/h10,12-13,15-20,23,30,32-33,37-38,40H,6-9,11,14H2,1-5H3,(H,39,41)/t23-,30+,32-,33-,37-/m0/s1. The van der Waals surface area contributed by atoms with E-state index in [1.165, 1.54) is 37.4 Å². The van der Waals surface area contributed by atoms with E-state index in [0.29, 0.717) is 22.9 Å². The normalized spacial score (nSPS) is 20.6. The number of hydrogen-bond donors (Lipinski definition) is 3. The van der Waals surface area contributed by atoms with Gasteiger partial charge in [-0.15, -0.1) is 0 Å². The van der Waals surface area contributed by atoms with Crippen LogP contribution in [0.3, 0.4) is 0 Å². The number of carbonyl (C=O) groups excluding carboxylic acids is 2. The van der Waals surface area contributed by atoms with Crippen LogP contribution in [0.4, 0.5) is 0 Å². The summed E-state index contributed by atoms with van der Waals surface area (Å²) in [6.45, 7) is 7.26. The van der Waals surface area contributed by atoms with E-state index in [2.05, 4.69) is 11.9 Å². The number of benzene rings is 2. The summed E-state index contributed by atoms with van der Waals surface area (Å²) in [5.74, 6) is -1.58. The number of methoxy groups -OCH3 is 1. The molecule has 1 saturated heterocycles. The highest BCUT2D eigenvalue weighted by atomic mass is 32.2. The Morgan fingerprint density at radius 2 is 1.73 bits per heavy atom. The minimum atomic E-state index is -4.26. The summed E-state index contributed by atoms with van der Waals surface area (Å²) in [7, 11) is -2.84. The molecule has 0 spiro atoms. The van der Waals surface area contributed by atoms with Crippen molar-refractivity contribution in [3.05, 3.63) is 93.1 Å². The molecule has 5 atom stereocenters. The molecule has 13 nitrogen and oxygen atoms in total. The lowest BCUT2D eigenvalue weighted by atomic mass is 9.97. The number of aryl methyl sites for hydroxylation is 3. The molecule has 3 N–H and O–H groups in total. The molecule has 4 aromatic rings. The summed E-state index contributed by atoms with van der Waals surface area (Å²) in [5.41, 5.74) is 0.612. The number of H-pyrrole nitrogens is 1. The number of hydrogen-bond acceptors (Lipinski definition) is 11. The van der Waals surface area contributed by atoms with Gasteiger partial charge in [-0.2, -0.15) is 0 Å².